The van der Waals surface area contributed by atoms with E-state index in [1.165, 1.54) is 0 Å². The summed E-state index contributed by atoms with van der Waals surface area (Å²) in [6.45, 7) is 0. The molecule has 8 nitrogen and oxygen atoms in total. The monoisotopic (exact) mass is 565 g/mol. The van der Waals surface area contributed by atoms with Crippen LogP contribution in [0, 0.1) is 0 Å². The number of fused-ring (bicyclic) bond motifs is 3. The number of nitrogens with zero attached hydrogens (tertiary/aromatic N) is 6. The van der Waals surface area contributed by atoms with Gasteiger partial charge < -0.3 is 5.32 Å². The minimum atomic E-state index is -4.94. The van der Waals surface area contributed by atoms with Gasteiger partial charge in [-0.15, -0.1) is 10.2 Å². The number of aromatic nitrogens is 6. The Kier molecular flexibility index (Phi) is 5.96. The predicted octanol–water partition coefficient (Wildman–Crippen LogP) is 6.13. The van der Waals surface area contributed by atoms with Gasteiger partial charge in [0.1, 0.15) is 0 Å². The van der Waals surface area contributed by atoms with Crippen LogP contribution in [0.2, 0.25) is 0 Å². The van der Waals surface area contributed by atoms with Crippen LogP contribution >= 0.6 is 0 Å². The van der Waals surface area contributed by atoms with E-state index in [1.807, 2.05) is 65.2 Å². The Labute approximate surface area is 237 Å². The van der Waals surface area contributed by atoms with E-state index < -0.39 is 17.6 Å². The Morgan fingerprint density at radius 3 is 2.29 bits per heavy atom. The van der Waals surface area contributed by atoms with Crippen molar-refractivity contribution in [1.29, 1.82) is 0 Å². The molecule has 4 heterocycles. The van der Waals surface area contributed by atoms with Crippen molar-refractivity contribution in [2.75, 3.05) is 0 Å². The summed E-state index contributed by atoms with van der Waals surface area (Å²) in [5, 5.41) is 11.8. The first kappa shape index (κ1) is 25.8. The van der Waals surface area contributed by atoms with Gasteiger partial charge in [0.05, 0.1) is 16.7 Å². The fourth-order valence-corrected chi connectivity index (χ4v) is 5.47. The maximum atomic E-state index is 13.0. The molecule has 0 aliphatic heterocycles. The first-order chi connectivity index (χ1) is 20.3. The van der Waals surface area contributed by atoms with Gasteiger partial charge >= 0.3 is 12.1 Å². The van der Waals surface area contributed by atoms with Crippen LogP contribution in [0.25, 0.3) is 50.6 Å². The molecule has 0 atom stereocenters. The Morgan fingerprint density at radius 1 is 0.881 bits per heavy atom. The molecular weight excluding hydrogens is 543 g/mol. The third-order valence-electron chi connectivity index (χ3n) is 7.75. The second kappa shape index (κ2) is 9.72. The molecule has 0 saturated heterocycles. The van der Waals surface area contributed by atoms with Gasteiger partial charge in [0.15, 0.2) is 11.5 Å². The maximum absolute atomic E-state index is 13.0. The van der Waals surface area contributed by atoms with Crippen LogP contribution in [-0.4, -0.2) is 41.6 Å². The SMILES string of the molecule is O=C(NC1(c2ccc(-c3nc4ccn5c(-c6ncccn6)nnc5c4cc3-c3ccccc3)cc2)CCC1)C(F)(F)F. The summed E-state index contributed by atoms with van der Waals surface area (Å²) in [6, 6.07) is 22.7. The van der Waals surface area contributed by atoms with Crippen LogP contribution < -0.4 is 5.32 Å². The fraction of sp³-hybridized carbons (Fsp3) is 0.161. The van der Waals surface area contributed by atoms with Gasteiger partial charge in [0.25, 0.3) is 0 Å². The quantitative estimate of drug-likeness (QED) is 0.270. The number of hydrogen-bond donors (Lipinski definition) is 1. The first-order valence-electron chi connectivity index (χ1n) is 13.3. The van der Waals surface area contributed by atoms with Gasteiger partial charge in [0.2, 0.25) is 5.82 Å². The van der Waals surface area contributed by atoms with E-state index in [9.17, 15) is 18.0 Å². The van der Waals surface area contributed by atoms with Crippen LogP contribution in [0.4, 0.5) is 13.2 Å². The zero-order valence-corrected chi connectivity index (χ0v) is 22.0. The van der Waals surface area contributed by atoms with E-state index in [1.54, 1.807) is 30.6 Å². The summed E-state index contributed by atoms with van der Waals surface area (Å²) in [7, 11) is 0. The van der Waals surface area contributed by atoms with Crippen LogP contribution in [0.5, 0.6) is 0 Å². The normalized spacial score (nSPS) is 14.5. The molecule has 0 unspecified atom stereocenters. The molecule has 0 bridgehead atoms. The topological polar surface area (TPSA) is 98.0 Å². The molecule has 2 aromatic carbocycles. The standard InChI is InChI=1S/C31H22F3N7O/c32-31(33,34)29(42)38-30(13-4-14-30)21-10-8-20(9-11-21)25-22(19-6-2-1-3-7-19)18-23-24(37-25)12-17-41-27(23)39-40-28(41)26-35-15-5-16-36-26/h1-3,5-12,15-18H,4,13-14H2,(H,38,42). The molecule has 1 aliphatic rings. The number of halogens is 3. The summed E-state index contributed by atoms with van der Waals surface area (Å²) in [5.41, 5.74) is 4.20. The van der Waals surface area contributed by atoms with Crippen molar-refractivity contribution in [3.63, 3.8) is 0 Å². The average molecular weight is 566 g/mol. The Hall–Kier alpha value is -5.19. The molecular formula is C31H22F3N7O. The zero-order chi connectivity index (χ0) is 28.9. The highest BCUT2D eigenvalue weighted by atomic mass is 19.4. The predicted molar refractivity (Wildman–Crippen MR) is 150 cm³/mol. The second-order valence-electron chi connectivity index (χ2n) is 10.3. The second-order valence-corrected chi connectivity index (χ2v) is 10.3. The Morgan fingerprint density at radius 2 is 1.62 bits per heavy atom. The smallest absolute Gasteiger partial charge is 0.339 e. The van der Waals surface area contributed by atoms with Gasteiger partial charge in [-0.25, -0.2) is 15.0 Å². The van der Waals surface area contributed by atoms with Crippen molar-refractivity contribution >= 4 is 22.5 Å². The molecule has 1 N–H and O–H groups in total. The third kappa shape index (κ3) is 4.33. The van der Waals surface area contributed by atoms with Crippen LogP contribution in [-0.2, 0) is 10.3 Å². The maximum Gasteiger partial charge on any atom is 0.471 e. The lowest BCUT2D eigenvalue weighted by atomic mass is 9.71. The third-order valence-corrected chi connectivity index (χ3v) is 7.75. The molecule has 4 aromatic heterocycles. The molecule has 1 amide bonds. The van der Waals surface area contributed by atoms with Crippen LogP contribution in [0.1, 0.15) is 24.8 Å². The number of alkyl halides is 3. The number of nitrogens with one attached hydrogen (secondary N) is 1. The number of pyridine rings is 2. The van der Waals surface area contributed by atoms with Crippen LogP contribution in [0.3, 0.4) is 0 Å². The molecule has 1 fully saturated rings. The molecule has 1 saturated carbocycles. The lowest BCUT2D eigenvalue weighted by molar-refractivity contribution is -0.177. The van der Waals surface area contributed by atoms with Crippen molar-refractivity contribution in [3.8, 4) is 34.0 Å². The molecule has 0 radical (unpaired) electrons. The molecule has 11 heteroatoms. The van der Waals surface area contributed by atoms with E-state index in [4.69, 9.17) is 4.98 Å². The Balaban J connectivity index is 1.34. The molecule has 0 spiro atoms. The van der Waals surface area contributed by atoms with E-state index in [-0.39, 0.29) is 0 Å². The van der Waals surface area contributed by atoms with Crippen LogP contribution in [0.15, 0.2) is 91.4 Å². The van der Waals surface area contributed by atoms with E-state index in [2.05, 4.69) is 25.5 Å². The highest BCUT2D eigenvalue weighted by molar-refractivity contribution is 5.98. The number of rotatable bonds is 5. The van der Waals surface area contributed by atoms with Crippen molar-refractivity contribution in [2.24, 2.45) is 0 Å². The molecule has 1 aliphatic carbocycles. The summed E-state index contributed by atoms with van der Waals surface area (Å²) in [4.78, 5) is 25.4. The minimum absolute atomic E-state index is 0.446. The van der Waals surface area contributed by atoms with Crippen molar-refractivity contribution in [3.05, 3.63) is 97.0 Å². The number of benzene rings is 2. The van der Waals surface area contributed by atoms with Gasteiger partial charge in [-0.05, 0) is 48.6 Å². The van der Waals surface area contributed by atoms with E-state index in [0.29, 0.717) is 46.9 Å². The van der Waals surface area contributed by atoms with Gasteiger partial charge in [0, 0.05) is 35.1 Å². The summed E-state index contributed by atoms with van der Waals surface area (Å²) in [5.74, 6) is -0.959. The van der Waals surface area contributed by atoms with Gasteiger partial charge in [-0.2, -0.15) is 13.2 Å². The first-order valence-corrected chi connectivity index (χ1v) is 13.3. The number of carbonyl (C=O) groups excluding carboxylic acids is 1. The highest BCUT2D eigenvalue weighted by Crippen LogP contribution is 2.43. The Bertz CT molecular complexity index is 1940. The van der Waals surface area contributed by atoms with E-state index >= 15 is 0 Å². The minimum Gasteiger partial charge on any atom is -0.339 e. The largest absolute Gasteiger partial charge is 0.471 e. The summed E-state index contributed by atoms with van der Waals surface area (Å²) in [6.07, 6.45) is 1.81. The number of amides is 1. The molecule has 6 aromatic rings. The van der Waals surface area contributed by atoms with Crippen molar-refractivity contribution in [1.82, 2.24) is 34.9 Å². The number of hydrogen-bond acceptors (Lipinski definition) is 6. The van der Waals surface area contributed by atoms with Gasteiger partial charge in [-0.3, -0.25) is 9.20 Å². The van der Waals surface area contributed by atoms with E-state index in [0.717, 1.165) is 28.5 Å². The van der Waals surface area contributed by atoms with Crippen molar-refractivity contribution in [2.45, 2.75) is 31.0 Å². The zero-order valence-electron chi connectivity index (χ0n) is 22.0. The molecule has 42 heavy (non-hydrogen) atoms. The van der Waals surface area contributed by atoms with Crippen molar-refractivity contribution < 1.29 is 18.0 Å². The lowest BCUT2D eigenvalue weighted by Crippen LogP contribution is -2.54. The number of carbonyl (C=O) groups is 1. The average Bonchev–Trinajstić information content (AvgIpc) is 3.43. The lowest BCUT2D eigenvalue weighted by Gasteiger charge is -2.43. The fourth-order valence-electron chi connectivity index (χ4n) is 5.47. The van der Waals surface area contributed by atoms with Gasteiger partial charge in [-0.1, -0.05) is 54.6 Å². The highest BCUT2D eigenvalue weighted by Gasteiger charge is 2.47. The molecule has 7 rings (SSSR count). The summed E-state index contributed by atoms with van der Waals surface area (Å²) >= 11 is 0. The molecule has 208 valence electrons. The summed E-state index contributed by atoms with van der Waals surface area (Å²) < 4.78 is 40.9.